The molecular weight excluding hydrogens is 329 g/mol. The number of carbonyl (C=O) groups excluding carboxylic acids is 2. The number of aryl methyl sites for hydroxylation is 2. The average Bonchev–Trinajstić information content (AvgIpc) is 2.84. The van der Waals surface area contributed by atoms with E-state index >= 15 is 0 Å². The molecule has 1 N–H and O–H groups in total. The first-order chi connectivity index (χ1) is 11.4. The van der Waals surface area contributed by atoms with E-state index in [4.69, 9.17) is 0 Å². The minimum Gasteiger partial charge on any atom is -0.333 e. The lowest BCUT2D eigenvalue weighted by atomic mass is 10.1. The van der Waals surface area contributed by atoms with Gasteiger partial charge in [0.05, 0.1) is 18.7 Å². The quantitative estimate of drug-likeness (QED) is 0.872. The number of hydrogen-bond donors (Lipinski definition) is 1. The van der Waals surface area contributed by atoms with Crippen LogP contribution in [-0.2, 0) is 16.0 Å². The highest BCUT2D eigenvalue weighted by Crippen LogP contribution is 2.20. The second-order valence-electron chi connectivity index (χ2n) is 5.42. The molecule has 0 saturated carbocycles. The Labute approximate surface area is 144 Å². The topological polar surface area (TPSA) is 62.3 Å². The van der Waals surface area contributed by atoms with Crippen LogP contribution in [0, 0.1) is 19.7 Å². The van der Waals surface area contributed by atoms with Crippen molar-refractivity contribution in [3.63, 3.8) is 0 Å². The summed E-state index contributed by atoms with van der Waals surface area (Å²) in [5, 5.41) is 3.26. The van der Waals surface area contributed by atoms with E-state index in [1.165, 1.54) is 28.4 Å². The molecule has 2 aromatic rings. The van der Waals surface area contributed by atoms with Crippen LogP contribution in [-0.4, -0.2) is 34.8 Å². The van der Waals surface area contributed by atoms with Gasteiger partial charge in [-0.15, -0.1) is 11.3 Å². The van der Waals surface area contributed by atoms with Gasteiger partial charge in [0.2, 0.25) is 11.8 Å². The molecule has 0 atom stereocenters. The normalized spacial score (nSPS) is 10.5. The molecule has 0 saturated heterocycles. The molecule has 0 aliphatic heterocycles. The molecule has 0 spiro atoms. The van der Waals surface area contributed by atoms with E-state index in [0.717, 1.165) is 10.6 Å². The first-order valence-corrected chi connectivity index (χ1v) is 8.46. The number of thiazole rings is 1. The third-order valence-electron chi connectivity index (χ3n) is 3.61. The van der Waals surface area contributed by atoms with Crippen molar-refractivity contribution in [1.82, 2.24) is 9.88 Å². The lowest BCUT2D eigenvalue weighted by molar-refractivity contribution is -0.133. The fourth-order valence-corrected chi connectivity index (χ4v) is 2.95. The number of hydrogen-bond acceptors (Lipinski definition) is 4. The van der Waals surface area contributed by atoms with Gasteiger partial charge in [0.15, 0.2) is 5.13 Å². The van der Waals surface area contributed by atoms with Crippen LogP contribution in [0.2, 0.25) is 0 Å². The molecule has 1 aromatic heterocycles. The SMILES string of the molecule is CCN(CC(=O)Nc1nc(C)c(C)s1)C(=O)Cc1ccc(F)cc1. The van der Waals surface area contributed by atoms with Crippen molar-refractivity contribution in [1.29, 1.82) is 0 Å². The molecule has 0 unspecified atom stereocenters. The molecule has 1 aromatic carbocycles. The predicted molar refractivity (Wildman–Crippen MR) is 92.6 cm³/mol. The maximum absolute atomic E-state index is 12.9. The Kier molecular flexibility index (Phi) is 6.03. The predicted octanol–water partition coefficient (Wildman–Crippen LogP) is 2.93. The molecular formula is C17H20FN3O2S. The van der Waals surface area contributed by atoms with Gasteiger partial charge in [-0.25, -0.2) is 9.37 Å². The highest BCUT2D eigenvalue weighted by atomic mass is 32.1. The van der Waals surface area contributed by atoms with Crippen LogP contribution < -0.4 is 5.32 Å². The minimum absolute atomic E-state index is 0.0335. The monoisotopic (exact) mass is 349 g/mol. The fraction of sp³-hybridized carbons (Fsp3) is 0.353. The first-order valence-electron chi connectivity index (χ1n) is 7.65. The van der Waals surface area contributed by atoms with E-state index in [9.17, 15) is 14.0 Å². The maximum atomic E-state index is 12.9. The molecule has 0 bridgehead atoms. The second kappa shape index (κ2) is 8.01. The molecule has 1 heterocycles. The van der Waals surface area contributed by atoms with E-state index in [2.05, 4.69) is 10.3 Å². The molecule has 0 radical (unpaired) electrons. The van der Waals surface area contributed by atoms with E-state index < -0.39 is 0 Å². The average molecular weight is 349 g/mol. The van der Waals surface area contributed by atoms with Crippen LogP contribution in [0.5, 0.6) is 0 Å². The Bertz CT molecular complexity index is 708. The third-order valence-corrected chi connectivity index (χ3v) is 4.60. The fourth-order valence-electron chi connectivity index (χ4n) is 2.12. The lowest BCUT2D eigenvalue weighted by Crippen LogP contribution is -2.38. The zero-order valence-electron chi connectivity index (χ0n) is 13.9. The van der Waals surface area contributed by atoms with Crippen molar-refractivity contribution in [2.24, 2.45) is 0 Å². The molecule has 5 nitrogen and oxygen atoms in total. The minimum atomic E-state index is -0.341. The number of rotatable bonds is 6. The Morgan fingerprint density at radius 3 is 2.46 bits per heavy atom. The van der Waals surface area contributed by atoms with Crippen LogP contribution in [0.15, 0.2) is 24.3 Å². The Morgan fingerprint density at radius 1 is 1.25 bits per heavy atom. The van der Waals surface area contributed by atoms with Gasteiger partial charge in [0, 0.05) is 11.4 Å². The molecule has 2 rings (SSSR count). The summed E-state index contributed by atoms with van der Waals surface area (Å²) in [7, 11) is 0. The van der Waals surface area contributed by atoms with Crippen molar-refractivity contribution in [2.75, 3.05) is 18.4 Å². The molecule has 2 amide bonds. The summed E-state index contributed by atoms with van der Waals surface area (Å²) in [6, 6.07) is 5.78. The van der Waals surface area contributed by atoms with Gasteiger partial charge in [0.25, 0.3) is 0 Å². The third kappa shape index (κ3) is 4.86. The van der Waals surface area contributed by atoms with Crippen molar-refractivity contribution in [3.05, 3.63) is 46.2 Å². The van der Waals surface area contributed by atoms with Gasteiger partial charge in [-0.05, 0) is 38.5 Å². The summed E-state index contributed by atoms with van der Waals surface area (Å²) in [6.07, 6.45) is 0.136. The summed E-state index contributed by atoms with van der Waals surface area (Å²) >= 11 is 1.41. The lowest BCUT2D eigenvalue weighted by Gasteiger charge is -2.20. The number of nitrogens with zero attached hydrogens (tertiary/aromatic N) is 2. The van der Waals surface area contributed by atoms with Gasteiger partial charge >= 0.3 is 0 Å². The van der Waals surface area contributed by atoms with Gasteiger partial charge in [-0.3, -0.25) is 9.59 Å². The standard InChI is InChI=1S/C17H20FN3O2S/c1-4-21(16(23)9-13-5-7-14(18)8-6-13)10-15(22)20-17-19-11(2)12(3)24-17/h5-8H,4,9-10H2,1-3H3,(H,19,20,22). The number of halogens is 1. The van der Waals surface area contributed by atoms with Crippen LogP contribution in [0.25, 0.3) is 0 Å². The molecule has 128 valence electrons. The smallest absolute Gasteiger partial charge is 0.245 e. The van der Waals surface area contributed by atoms with Crippen LogP contribution in [0.3, 0.4) is 0 Å². The van der Waals surface area contributed by atoms with Crippen LogP contribution >= 0.6 is 11.3 Å². The Morgan fingerprint density at radius 2 is 1.92 bits per heavy atom. The number of nitrogens with one attached hydrogen (secondary N) is 1. The van der Waals surface area contributed by atoms with Gasteiger partial charge in [0.1, 0.15) is 5.82 Å². The summed E-state index contributed by atoms with van der Waals surface area (Å²) in [4.78, 5) is 31.2. The Balaban J connectivity index is 1.93. The van der Waals surface area contributed by atoms with Crippen molar-refractivity contribution >= 4 is 28.3 Å². The van der Waals surface area contributed by atoms with Crippen LogP contribution in [0.1, 0.15) is 23.1 Å². The van der Waals surface area contributed by atoms with E-state index in [1.54, 1.807) is 12.1 Å². The zero-order valence-corrected chi connectivity index (χ0v) is 14.7. The highest BCUT2D eigenvalue weighted by Gasteiger charge is 2.17. The van der Waals surface area contributed by atoms with Gasteiger partial charge in [-0.1, -0.05) is 12.1 Å². The van der Waals surface area contributed by atoms with Crippen molar-refractivity contribution < 1.29 is 14.0 Å². The summed E-state index contributed by atoms with van der Waals surface area (Å²) in [5.41, 5.74) is 1.60. The second-order valence-corrected chi connectivity index (χ2v) is 6.62. The van der Waals surface area contributed by atoms with E-state index in [-0.39, 0.29) is 30.6 Å². The number of carbonyl (C=O) groups is 2. The molecule has 24 heavy (non-hydrogen) atoms. The molecule has 0 aliphatic carbocycles. The van der Waals surface area contributed by atoms with Gasteiger partial charge in [-0.2, -0.15) is 0 Å². The summed E-state index contributed by atoms with van der Waals surface area (Å²) < 4.78 is 12.9. The number of aromatic nitrogens is 1. The number of likely N-dealkylation sites (N-methyl/N-ethyl adjacent to an activating group) is 1. The number of amides is 2. The van der Waals surface area contributed by atoms with E-state index in [0.29, 0.717) is 17.2 Å². The number of anilines is 1. The van der Waals surface area contributed by atoms with Crippen LogP contribution in [0.4, 0.5) is 9.52 Å². The van der Waals surface area contributed by atoms with Gasteiger partial charge < -0.3 is 10.2 Å². The molecule has 0 fully saturated rings. The van der Waals surface area contributed by atoms with Crippen molar-refractivity contribution in [3.8, 4) is 0 Å². The highest BCUT2D eigenvalue weighted by molar-refractivity contribution is 7.15. The van der Waals surface area contributed by atoms with Crippen molar-refractivity contribution in [2.45, 2.75) is 27.2 Å². The molecule has 0 aliphatic rings. The first kappa shape index (κ1) is 18.1. The largest absolute Gasteiger partial charge is 0.333 e. The molecule has 7 heteroatoms. The summed E-state index contributed by atoms with van der Waals surface area (Å²) in [5.74, 6) is -0.796. The Hall–Kier alpha value is -2.28. The summed E-state index contributed by atoms with van der Waals surface area (Å²) in [6.45, 7) is 6.02. The number of benzene rings is 1. The van der Waals surface area contributed by atoms with E-state index in [1.807, 2.05) is 20.8 Å². The zero-order chi connectivity index (χ0) is 17.7. The maximum Gasteiger partial charge on any atom is 0.245 e.